The number of hydrogen-bond donors (Lipinski definition) is 0. The second-order valence-electron chi connectivity index (χ2n) is 9.14. The van der Waals surface area contributed by atoms with Crippen molar-refractivity contribution < 1.29 is 22.6 Å². The molecule has 1 fully saturated rings. The molecule has 0 spiro atoms. The fourth-order valence-electron chi connectivity index (χ4n) is 4.50. The first-order chi connectivity index (χ1) is 16.2. The minimum Gasteiger partial charge on any atom is -0.473 e. The lowest BCUT2D eigenvalue weighted by Gasteiger charge is -2.33. The molecule has 1 saturated heterocycles. The molecular weight excluding hydrogens is 488 g/mol. The van der Waals surface area contributed by atoms with Gasteiger partial charge in [-0.1, -0.05) is 12.1 Å². The molecule has 0 N–H and O–H groups in total. The van der Waals surface area contributed by atoms with Crippen LogP contribution in [0.2, 0.25) is 0 Å². The van der Waals surface area contributed by atoms with E-state index >= 15 is 0 Å². The summed E-state index contributed by atoms with van der Waals surface area (Å²) < 4.78 is 42.9. The van der Waals surface area contributed by atoms with Crippen molar-refractivity contribution in [1.29, 1.82) is 0 Å². The van der Waals surface area contributed by atoms with Crippen LogP contribution in [0.25, 0.3) is 22.3 Å². The van der Waals surface area contributed by atoms with Crippen LogP contribution in [0.3, 0.4) is 0 Å². The van der Waals surface area contributed by atoms with Gasteiger partial charge in [0.15, 0.2) is 5.52 Å². The second kappa shape index (κ2) is 9.98. The fraction of sp³-hybridized carbons (Fsp3) is 0.458. The molecule has 3 aromatic rings. The number of fused-ring (bicyclic) bond motifs is 2. The van der Waals surface area contributed by atoms with E-state index in [1.807, 2.05) is 12.1 Å². The molecular formula is C24H30N4O5S2. The third kappa shape index (κ3) is 5.44. The van der Waals surface area contributed by atoms with E-state index in [2.05, 4.69) is 35.9 Å². The predicted molar refractivity (Wildman–Crippen MR) is 137 cm³/mol. The number of morpholine rings is 1. The van der Waals surface area contributed by atoms with Gasteiger partial charge in [0.25, 0.3) is 0 Å². The highest BCUT2D eigenvalue weighted by molar-refractivity contribution is 7.88. The molecule has 188 valence electrons. The van der Waals surface area contributed by atoms with Crippen molar-refractivity contribution in [2.75, 3.05) is 39.2 Å². The Labute approximate surface area is 212 Å². The topological polar surface area (TPSA) is 104 Å². The molecule has 2 aromatic heterocycles. The van der Waals surface area contributed by atoms with Gasteiger partial charge in [-0.05, 0) is 43.5 Å². The molecule has 0 radical (unpaired) electrons. The predicted octanol–water partition coefficient (Wildman–Crippen LogP) is 2.65. The first-order valence-corrected chi connectivity index (χ1v) is 13.1. The maximum absolute atomic E-state index is 11.9. The van der Waals surface area contributed by atoms with Crippen molar-refractivity contribution in [2.45, 2.75) is 32.0 Å². The van der Waals surface area contributed by atoms with Crippen LogP contribution >= 0.6 is 13.5 Å². The van der Waals surface area contributed by atoms with E-state index in [9.17, 15) is 8.42 Å². The summed E-state index contributed by atoms with van der Waals surface area (Å²) in [6.07, 6.45) is 4.89. The number of aromatic nitrogens is 3. The van der Waals surface area contributed by atoms with Gasteiger partial charge in [0, 0.05) is 31.0 Å². The molecule has 0 unspecified atom stereocenters. The maximum Gasteiger partial charge on any atom is 0.242 e. The zero-order chi connectivity index (χ0) is 23.9. The number of hydrogen-bond acceptors (Lipinski definition) is 8. The minimum absolute atomic E-state index is 0. The van der Waals surface area contributed by atoms with Crippen LogP contribution < -0.4 is 4.74 Å². The van der Waals surface area contributed by atoms with Crippen LogP contribution in [0, 0.1) is 0 Å². The highest BCUT2D eigenvalue weighted by Crippen LogP contribution is 2.35. The summed E-state index contributed by atoms with van der Waals surface area (Å²) in [5.74, 6) is 0.349. The Morgan fingerprint density at radius 2 is 1.97 bits per heavy atom. The lowest BCUT2D eigenvalue weighted by molar-refractivity contribution is -0.0314. The summed E-state index contributed by atoms with van der Waals surface area (Å²) in [4.78, 5) is 13.6. The van der Waals surface area contributed by atoms with E-state index in [4.69, 9.17) is 19.2 Å². The molecule has 4 heterocycles. The Morgan fingerprint density at radius 1 is 1.17 bits per heavy atom. The lowest BCUT2D eigenvalue weighted by Crippen LogP contribution is -2.47. The Kier molecular flexibility index (Phi) is 7.35. The Bertz CT molecular complexity index is 1330. The van der Waals surface area contributed by atoms with E-state index in [-0.39, 0.29) is 32.2 Å². The summed E-state index contributed by atoms with van der Waals surface area (Å²) in [6, 6.07) is 8.20. The first kappa shape index (κ1) is 25.8. The monoisotopic (exact) mass is 518 g/mol. The number of sulfonamides is 1. The van der Waals surface area contributed by atoms with Crippen LogP contribution in [0.4, 0.5) is 0 Å². The molecule has 2 aliphatic heterocycles. The molecule has 0 aliphatic carbocycles. The van der Waals surface area contributed by atoms with E-state index in [0.29, 0.717) is 36.7 Å². The zero-order valence-corrected chi connectivity index (χ0v) is 21.8. The Hall–Kier alpha value is -2.31. The molecule has 9 nitrogen and oxygen atoms in total. The number of benzene rings is 1. The molecule has 0 bridgehead atoms. The van der Waals surface area contributed by atoms with Crippen molar-refractivity contribution in [3.63, 3.8) is 0 Å². The minimum atomic E-state index is -3.28. The lowest BCUT2D eigenvalue weighted by atomic mass is 9.87. The zero-order valence-electron chi connectivity index (χ0n) is 20.0. The SMILES string of the molecule is CC1(C)OCCc2cc(-c3cc4nccnc4c(OC[C@@H]4CN(S(C)(=O)=O)CCO4)n3)ccc21.S. The summed E-state index contributed by atoms with van der Waals surface area (Å²) in [5.41, 5.74) is 5.03. The van der Waals surface area contributed by atoms with Crippen molar-refractivity contribution in [2.24, 2.45) is 0 Å². The molecule has 35 heavy (non-hydrogen) atoms. The molecule has 1 aromatic carbocycles. The third-order valence-corrected chi connectivity index (χ3v) is 7.55. The van der Waals surface area contributed by atoms with Crippen molar-refractivity contribution in [1.82, 2.24) is 19.3 Å². The summed E-state index contributed by atoms with van der Waals surface area (Å²) in [7, 11) is -3.28. The third-order valence-electron chi connectivity index (χ3n) is 6.28. The van der Waals surface area contributed by atoms with Gasteiger partial charge in [0.1, 0.15) is 12.7 Å². The van der Waals surface area contributed by atoms with Crippen LogP contribution in [0.5, 0.6) is 5.88 Å². The molecule has 1 atom stereocenters. The molecule has 0 saturated carbocycles. The Morgan fingerprint density at radius 3 is 2.77 bits per heavy atom. The average molecular weight is 519 g/mol. The first-order valence-electron chi connectivity index (χ1n) is 11.3. The number of rotatable bonds is 5. The van der Waals surface area contributed by atoms with Gasteiger partial charge >= 0.3 is 0 Å². The van der Waals surface area contributed by atoms with Crippen LogP contribution in [0.1, 0.15) is 25.0 Å². The van der Waals surface area contributed by atoms with Gasteiger partial charge in [-0.2, -0.15) is 17.8 Å². The van der Waals surface area contributed by atoms with Crippen LogP contribution in [-0.2, 0) is 31.5 Å². The van der Waals surface area contributed by atoms with Crippen LogP contribution in [0.15, 0.2) is 36.7 Å². The van der Waals surface area contributed by atoms with Crippen molar-refractivity contribution in [3.8, 4) is 17.1 Å². The largest absolute Gasteiger partial charge is 0.473 e. The highest BCUT2D eigenvalue weighted by Gasteiger charge is 2.29. The van der Waals surface area contributed by atoms with Gasteiger partial charge < -0.3 is 14.2 Å². The van der Waals surface area contributed by atoms with Crippen molar-refractivity contribution in [3.05, 3.63) is 47.8 Å². The second-order valence-corrected chi connectivity index (χ2v) is 11.1. The van der Waals surface area contributed by atoms with E-state index < -0.39 is 16.1 Å². The van der Waals surface area contributed by atoms with E-state index in [1.54, 1.807) is 12.4 Å². The normalized spacial score (nSPS) is 20.1. The van der Waals surface area contributed by atoms with Gasteiger partial charge in [0.05, 0.1) is 36.3 Å². The number of nitrogens with zero attached hydrogens (tertiary/aromatic N) is 4. The molecule has 11 heteroatoms. The van der Waals surface area contributed by atoms with E-state index in [0.717, 1.165) is 17.7 Å². The molecule has 2 aliphatic rings. The maximum atomic E-state index is 11.9. The van der Waals surface area contributed by atoms with Gasteiger partial charge in [0.2, 0.25) is 15.9 Å². The van der Waals surface area contributed by atoms with Gasteiger partial charge in [-0.25, -0.2) is 18.4 Å². The fourth-order valence-corrected chi connectivity index (χ4v) is 5.34. The molecule has 5 rings (SSSR count). The quantitative estimate of drug-likeness (QED) is 0.508. The van der Waals surface area contributed by atoms with Crippen LogP contribution in [-0.4, -0.2) is 72.9 Å². The van der Waals surface area contributed by atoms with Crippen molar-refractivity contribution >= 4 is 34.6 Å². The Balaban J connectivity index is 0.00000289. The summed E-state index contributed by atoms with van der Waals surface area (Å²) in [5, 5.41) is 0. The molecule has 0 amide bonds. The number of pyridine rings is 1. The number of ether oxygens (including phenoxy) is 3. The smallest absolute Gasteiger partial charge is 0.242 e. The van der Waals surface area contributed by atoms with Gasteiger partial charge in [-0.15, -0.1) is 0 Å². The summed E-state index contributed by atoms with van der Waals surface area (Å²) >= 11 is 0. The van der Waals surface area contributed by atoms with E-state index in [1.165, 1.54) is 21.7 Å². The standard InChI is InChI=1S/C24H28N4O5S.H2S/c1-24(2)19-5-4-17(12-16(19)6-10-33-24)20-13-21-22(26-8-7-25-21)23(27-20)32-15-18-14-28(9-11-31-18)34(3,29)30;/h4-5,7-8,12-13,18H,6,9-11,14-15H2,1-3H3;1H2/t18-;/m0./s1. The van der Waals surface area contributed by atoms with Gasteiger partial charge in [-0.3, -0.25) is 4.98 Å². The highest BCUT2D eigenvalue weighted by atomic mass is 32.2. The summed E-state index contributed by atoms with van der Waals surface area (Å²) in [6.45, 7) is 5.91. The average Bonchev–Trinajstić information content (AvgIpc) is 2.81.